The fraction of sp³-hybridized carbons (Fsp3) is 0.182. The Morgan fingerprint density at radius 3 is 2.69 bits per heavy atom. The van der Waals surface area contributed by atoms with E-state index in [-0.39, 0.29) is 5.91 Å². The van der Waals surface area contributed by atoms with E-state index >= 15 is 0 Å². The van der Waals surface area contributed by atoms with Gasteiger partial charge in [0.05, 0.1) is 0 Å². The average Bonchev–Trinajstić information content (AvgIpc) is 2.19. The van der Waals surface area contributed by atoms with Crippen molar-refractivity contribution in [2.75, 3.05) is 6.54 Å². The monoisotopic (exact) mass is 173 g/mol. The molecule has 0 spiro atoms. The minimum atomic E-state index is -0.351. The molecule has 0 saturated carbocycles. The molecule has 0 bridgehead atoms. The third kappa shape index (κ3) is 3.44. The lowest BCUT2D eigenvalue weighted by Gasteiger charge is -2.00. The Kier molecular flexibility index (Phi) is 3.59. The largest absolute Gasteiger partial charge is 0.345 e. The number of carbonyl (C=O) groups is 1. The molecule has 0 aliphatic carbocycles. The number of nitrogens with one attached hydrogen (secondary N) is 1. The molecular formula is C11H11NO. The molecule has 1 amide bonds. The van der Waals surface area contributed by atoms with Crippen LogP contribution >= 0.6 is 0 Å². The molecule has 0 saturated heterocycles. The third-order valence-electron chi connectivity index (χ3n) is 1.67. The van der Waals surface area contributed by atoms with E-state index in [1.165, 1.54) is 5.56 Å². The molecule has 1 aromatic carbocycles. The smallest absolute Gasteiger partial charge is 0.295 e. The Hall–Kier alpha value is -1.75. The van der Waals surface area contributed by atoms with Crippen LogP contribution in [0.4, 0.5) is 0 Å². The quantitative estimate of drug-likeness (QED) is 0.678. The van der Waals surface area contributed by atoms with E-state index in [0.717, 1.165) is 6.42 Å². The molecule has 0 radical (unpaired) electrons. The van der Waals surface area contributed by atoms with E-state index in [1.54, 1.807) is 0 Å². The van der Waals surface area contributed by atoms with Gasteiger partial charge in [-0.05, 0) is 17.9 Å². The summed E-state index contributed by atoms with van der Waals surface area (Å²) in [5.41, 5.74) is 1.19. The van der Waals surface area contributed by atoms with E-state index in [2.05, 4.69) is 5.32 Å². The summed E-state index contributed by atoms with van der Waals surface area (Å²) in [4.78, 5) is 10.7. The molecule has 0 heterocycles. The summed E-state index contributed by atoms with van der Waals surface area (Å²) in [6, 6.07) is 9.93. The van der Waals surface area contributed by atoms with E-state index in [1.807, 2.05) is 36.3 Å². The maximum atomic E-state index is 10.7. The van der Waals surface area contributed by atoms with Gasteiger partial charge in [-0.2, -0.15) is 0 Å². The molecule has 0 aliphatic rings. The molecule has 0 fully saturated rings. The first kappa shape index (κ1) is 9.34. The number of hydrogen-bond acceptors (Lipinski definition) is 1. The molecule has 1 rings (SSSR count). The van der Waals surface area contributed by atoms with Crippen LogP contribution in [0.3, 0.4) is 0 Å². The first-order chi connectivity index (χ1) is 6.33. The van der Waals surface area contributed by atoms with Crippen LogP contribution in [0, 0.1) is 12.3 Å². The number of carbonyl (C=O) groups excluding carboxylic acids is 1. The summed E-state index contributed by atoms with van der Waals surface area (Å²) < 4.78 is 0. The van der Waals surface area contributed by atoms with E-state index in [9.17, 15) is 4.79 Å². The van der Waals surface area contributed by atoms with Crippen LogP contribution in [0.2, 0.25) is 0 Å². The third-order valence-corrected chi connectivity index (χ3v) is 1.67. The van der Waals surface area contributed by atoms with Gasteiger partial charge in [0, 0.05) is 6.54 Å². The normalized spacial score (nSPS) is 8.85. The molecule has 0 aromatic heterocycles. The van der Waals surface area contributed by atoms with Crippen LogP contribution in [-0.2, 0) is 11.2 Å². The van der Waals surface area contributed by atoms with Gasteiger partial charge >= 0.3 is 0 Å². The predicted molar refractivity (Wildman–Crippen MR) is 52.0 cm³/mol. The van der Waals surface area contributed by atoms with E-state index in [4.69, 9.17) is 6.42 Å². The summed E-state index contributed by atoms with van der Waals surface area (Å²) in [5, 5.41) is 2.61. The van der Waals surface area contributed by atoms with E-state index < -0.39 is 0 Å². The molecule has 2 nitrogen and oxygen atoms in total. The fourth-order valence-electron chi connectivity index (χ4n) is 1.02. The van der Waals surface area contributed by atoms with E-state index in [0.29, 0.717) is 6.54 Å². The molecule has 0 unspecified atom stereocenters. The summed E-state index contributed by atoms with van der Waals surface area (Å²) in [7, 11) is 0. The van der Waals surface area contributed by atoms with Crippen LogP contribution in [0.15, 0.2) is 30.3 Å². The van der Waals surface area contributed by atoms with Crippen LogP contribution in [-0.4, -0.2) is 12.5 Å². The Labute approximate surface area is 78.0 Å². The van der Waals surface area contributed by atoms with Crippen molar-refractivity contribution in [2.24, 2.45) is 0 Å². The Bertz CT molecular complexity index is 311. The van der Waals surface area contributed by atoms with Gasteiger partial charge in [0.2, 0.25) is 0 Å². The van der Waals surface area contributed by atoms with Gasteiger partial charge in [0.25, 0.3) is 5.91 Å². The summed E-state index contributed by atoms with van der Waals surface area (Å²) in [5.74, 6) is 1.65. The van der Waals surface area contributed by atoms with Crippen molar-refractivity contribution in [1.29, 1.82) is 0 Å². The topological polar surface area (TPSA) is 29.1 Å². The van der Waals surface area contributed by atoms with Gasteiger partial charge in [-0.15, -0.1) is 6.42 Å². The van der Waals surface area contributed by atoms with Crippen molar-refractivity contribution >= 4 is 5.91 Å². The molecule has 1 aromatic rings. The molecule has 66 valence electrons. The molecule has 2 heteroatoms. The average molecular weight is 173 g/mol. The number of hydrogen-bond donors (Lipinski definition) is 1. The Morgan fingerprint density at radius 1 is 1.38 bits per heavy atom. The minimum absolute atomic E-state index is 0.351. The number of amides is 1. The van der Waals surface area contributed by atoms with Crippen molar-refractivity contribution in [3.05, 3.63) is 35.9 Å². The van der Waals surface area contributed by atoms with Crippen molar-refractivity contribution in [1.82, 2.24) is 5.32 Å². The molecule has 0 atom stereocenters. The highest BCUT2D eigenvalue weighted by Crippen LogP contribution is 1.97. The van der Waals surface area contributed by atoms with Gasteiger partial charge in [-0.3, -0.25) is 4.79 Å². The van der Waals surface area contributed by atoms with Gasteiger partial charge in [-0.1, -0.05) is 30.3 Å². The number of terminal acetylenes is 1. The molecule has 13 heavy (non-hydrogen) atoms. The van der Waals surface area contributed by atoms with Crippen LogP contribution in [0.25, 0.3) is 0 Å². The molecular weight excluding hydrogens is 162 g/mol. The highest BCUT2D eigenvalue weighted by Gasteiger charge is 1.94. The zero-order chi connectivity index (χ0) is 9.52. The molecule has 0 aliphatic heterocycles. The number of benzene rings is 1. The second-order valence-electron chi connectivity index (χ2n) is 2.64. The summed E-state index contributed by atoms with van der Waals surface area (Å²) in [6.45, 7) is 0.590. The van der Waals surface area contributed by atoms with Gasteiger partial charge < -0.3 is 5.32 Å². The first-order valence-corrected chi connectivity index (χ1v) is 4.11. The van der Waals surface area contributed by atoms with Gasteiger partial charge in [0.1, 0.15) is 0 Å². The first-order valence-electron chi connectivity index (χ1n) is 4.11. The minimum Gasteiger partial charge on any atom is -0.345 e. The van der Waals surface area contributed by atoms with Crippen molar-refractivity contribution in [3.8, 4) is 12.3 Å². The van der Waals surface area contributed by atoms with Gasteiger partial charge in [0.15, 0.2) is 0 Å². The summed E-state index contributed by atoms with van der Waals surface area (Å²) in [6.07, 6.45) is 5.70. The van der Waals surface area contributed by atoms with Crippen LogP contribution in [0.5, 0.6) is 0 Å². The lowest BCUT2D eigenvalue weighted by atomic mass is 10.1. The zero-order valence-electron chi connectivity index (χ0n) is 7.29. The van der Waals surface area contributed by atoms with Crippen LogP contribution in [0.1, 0.15) is 5.56 Å². The predicted octanol–water partition coefficient (Wildman–Crippen LogP) is 0.978. The highest BCUT2D eigenvalue weighted by molar-refractivity contribution is 5.92. The highest BCUT2D eigenvalue weighted by atomic mass is 16.1. The zero-order valence-corrected chi connectivity index (χ0v) is 7.29. The SMILES string of the molecule is C#CC(=O)NCCc1ccccc1. The summed E-state index contributed by atoms with van der Waals surface area (Å²) >= 11 is 0. The maximum absolute atomic E-state index is 10.7. The second-order valence-corrected chi connectivity index (χ2v) is 2.64. The lowest BCUT2D eigenvalue weighted by molar-refractivity contribution is -0.115. The number of rotatable bonds is 3. The standard InChI is InChI=1S/C11H11NO/c1-2-11(13)12-9-8-10-6-4-3-5-7-10/h1,3-7H,8-9H2,(H,12,13). The Balaban J connectivity index is 2.29. The van der Waals surface area contributed by atoms with Gasteiger partial charge in [-0.25, -0.2) is 0 Å². The fourth-order valence-corrected chi connectivity index (χ4v) is 1.02. The maximum Gasteiger partial charge on any atom is 0.295 e. The molecule has 1 N–H and O–H groups in total. The lowest BCUT2D eigenvalue weighted by Crippen LogP contribution is -2.23. The van der Waals surface area contributed by atoms with Crippen LogP contribution < -0.4 is 5.32 Å². The Morgan fingerprint density at radius 2 is 2.08 bits per heavy atom. The van der Waals surface area contributed by atoms with Crippen molar-refractivity contribution in [2.45, 2.75) is 6.42 Å². The van der Waals surface area contributed by atoms with Crippen molar-refractivity contribution < 1.29 is 4.79 Å². The second kappa shape index (κ2) is 5.00. The van der Waals surface area contributed by atoms with Crippen molar-refractivity contribution in [3.63, 3.8) is 0 Å².